The first-order valence-corrected chi connectivity index (χ1v) is 15.2. The molecule has 0 spiro atoms. The first kappa shape index (κ1) is 31.0. The van der Waals surface area contributed by atoms with Gasteiger partial charge in [-0.1, -0.05) is 24.3 Å². The number of aryl methyl sites for hydroxylation is 1. The van der Waals surface area contributed by atoms with Crippen LogP contribution in [0.15, 0.2) is 72.8 Å². The van der Waals surface area contributed by atoms with Gasteiger partial charge in [0.15, 0.2) is 23.3 Å². The zero-order valence-electron chi connectivity index (χ0n) is 25.5. The van der Waals surface area contributed by atoms with Crippen molar-refractivity contribution in [3.8, 4) is 28.0 Å². The van der Waals surface area contributed by atoms with E-state index in [1.54, 1.807) is 45.5 Å². The average molecular weight is 659 g/mol. The number of methoxy groups -OCH3 is 1. The zero-order valence-corrected chi connectivity index (χ0v) is 25.5. The Labute approximate surface area is 270 Å². The fourth-order valence-electron chi connectivity index (χ4n) is 6.41. The Bertz CT molecular complexity index is 2240. The number of amides is 2. The van der Waals surface area contributed by atoms with Crippen molar-refractivity contribution >= 4 is 33.6 Å². The van der Waals surface area contributed by atoms with Gasteiger partial charge in [-0.15, -0.1) is 0 Å². The number of benzene rings is 4. The summed E-state index contributed by atoms with van der Waals surface area (Å²) < 4.78 is 79.1. The third kappa shape index (κ3) is 5.23. The topological polar surface area (TPSA) is 77.3 Å². The molecule has 2 aliphatic rings. The number of nitrogens with one attached hydrogen (secondary N) is 2. The molecule has 244 valence electrons. The van der Waals surface area contributed by atoms with Crippen LogP contribution in [-0.4, -0.2) is 41.1 Å². The van der Waals surface area contributed by atoms with Crippen LogP contribution in [0.2, 0.25) is 0 Å². The quantitative estimate of drug-likeness (QED) is 0.198. The van der Waals surface area contributed by atoms with Gasteiger partial charge in [-0.2, -0.15) is 0 Å². The lowest BCUT2D eigenvalue weighted by molar-refractivity contribution is 0.0926. The van der Waals surface area contributed by atoms with Gasteiger partial charge in [0.25, 0.3) is 11.8 Å². The van der Waals surface area contributed by atoms with Gasteiger partial charge in [-0.3, -0.25) is 9.59 Å². The molecule has 4 aromatic carbocycles. The molecule has 6 aromatic rings. The fraction of sp³-hybridized carbons (Fsp3) is 0.167. The standard InChI is InChI=1S/C18H13F3N2O.C18H14F2N2O2/c19-12-4-2-10(3-5-12)15-16(21)13(20)8-11-9-14-18(24)22-6-1-7-23(14)17(11)15;1-24-12-4-2-10(3-5-12)15-16(20)13(19)8-11-9-14-18(23)21-6-7-22(14)17(11)15/h2-5,8-9H,1,6-7H2,(H,22,24);2-5,8-9H,6-7H2,1H3,(H,21,23). The Balaban J connectivity index is 0.000000152. The summed E-state index contributed by atoms with van der Waals surface area (Å²) in [7, 11) is 1.54. The number of carbonyl (C=O) groups is 2. The molecule has 12 heteroatoms. The summed E-state index contributed by atoms with van der Waals surface area (Å²) in [5.41, 5.74) is 2.87. The van der Waals surface area contributed by atoms with Crippen LogP contribution in [0, 0.1) is 29.1 Å². The van der Waals surface area contributed by atoms with Crippen molar-refractivity contribution in [3.63, 3.8) is 0 Å². The van der Waals surface area contributed by atoms with Crippen LogP contribution in [0.5, 0.6) is 5.75 Å². The number of ether oxygens (including phenoxy) is 1. The SMILES string of the molecule is COc1ccc(-c2c(F)c(F)cc3cc4n(c23)CCNC4=O)cc1.O=C1NCCCn2c1cc1cc(F)c(F)c(-c3ccc(F)cc3)c12. The highest BCUT2D eigenvalue weighted by Crippen LogP contribution is 2.37. The van der Waals surface area contributed by atoms with Gasteiger partial charge >= 0.3 is 0 Å². The molecule has 48 heavy (non-hydrogen) atoms. The van der Waals surface area contributed by atoms with Crippen LogP contribution in [0.3, 0.4) is 0 Å². The Hall–Kier alpha value is -5.65. The Morgan fingerprint density at radius 2 is 1.10 bits per heavy atom. The van der Waals surface area contributed by atoms with Crippen molar-refractivity contribution in [3.05, 3.63) is 113 Å². The maximum Gasteiger partial charge on any atom is 0.268 e. The fourth-order valence-corrected chi connectivity index (χ4v) is 6.41. The Morgan fingerprint density at radius 3 is 1.62 bits per heavy atom. The van der Waals surface area contributed by atoms with Gasteiger partial charge in [-0.05, 0) is 66.1 Å². The first-order valence-electron chi connectivity index (χ1n) is 15.2. The number of carbonyl (C=O) groups excluding carboxylic acids is 2. The molecule has 2 aromatic heterocycles. The molecule has 0 saturated heterocycles. The van der Waals surface area contributed by atoms with Gasteiger partial charge < -0.3 is 24.5 Å². The third-order valence-corrected chi connectivity index (χ3v) is 8.59. The number of hydrogen-bond acceptors (Lipinski definition) is 3. The van der Waals surface area contributed by atoms with Crippen LogP contribution < -0.4 is 15.4 Å². The van der Waals surface area contributed by atoms with Crippen molar-refractivity contribution in [1.82, 2.24) is 19.8 Å². The van der Waals surface area contributed by atoms with Crippen LogP contribution in [0.1, 0.15) is 27.4 Å². The van der Waals surface area contributed by atoms with E-state index < -0.39 is 29.1 Å². The number of rotatable bonds is 3. The minimum atomic E-state index is -1.00. The number of fused-ring (bicyclic) bond motifs is 6. The maximum absolute atomic E-state index is 14.6. The first-order chi connectivity index (χ1) is 23.2. The smallest absolute Gasteiger partial charge is 0.268 e. The zero-order chi connectivity index (χ0) is 33.7. The van der Waals surface area contributed by atoms with Crippen LogP contribution in [0.25, 0.3) is 44.1 Å². The molecule has 8 rings (SSSR count). The molecule has 7 nitrogen and oxygen atoms in total. The minimum Gasteiger partial charge on any atom is -0.497 e. The van der Waals surface area contributed by atoms with E-state index in [4.69, 9.17) is 4.74 Å². The molecule has 4 heterocycles. The molecular formula is C36H27F5N4O3. The number of aromatic nitrogens is 2. The normalized spacial score (nSPS) is 14.0. The molecule has 0 fully saturated rings. The van der Waals surface area contributed by atoms with E-state index in [0.29, 0.717) is 82.7 Å². The summed E-state index contributed by atoms with van der Waals surface area (Å²) in [6.07, 6.45) is 0.685. The molecule has 0 aliphatic carbocycles. The maximum atomic E-state index is 14.6. The highest BCUT2D eigenvalue weighted by molar-refractivity contribution is 6.05. The lowest BCUT2D eigenvalue weighted by atomic mass is 10.0. The van der Waals surface area contributed by atoms with Gasteiger partial charge in [-0.25, -0.2) is 22.0 Å². The highest BCUT2D eigenvalue weighted by atomic mass is 19.2. The van der Waals surface area contributed by atoms with E-state index in [-0.39, 0.29) is 22.9 Å². The van der Waals surface area contributed by atoms with Crippen LogP contribution >= 0.6 is 0 Å². The summed E-state index contributed by atoms with van der Waals surface area (Å²) in [5, 5.41) is 6.45. The minimum absolute atomic E-state index is 0.0472. The van der Waals surface area contributed by atoms with Crippen molar-refractivity contribution in [2.45, 2.75) is 19.5 Å². The molecule has 0 radical (unpaired) electrons. The second kappa shape index (κ2) is 12.2. The summed E-state index contributed by atoms with van der Waals surface area (Å²) in [5.74, 6) is -4.18. The van der Waals surface area contributed by atoms with Crippen molar-refractivity contribution < 1.29 is 36.3 Å². The number of hydrogen-bond donors (Lipinski definition) is 2. The van der Waals surface area contributed by atoms with Gasteiger partial charge in [0.05, 0.1) is 18.1 Å². The monoisotopic (exact) mass is 658 g/mol. The van der Waals surface area contributed by atoms with E-state index >= 15 is 0 Å². The number of nitrogens with zero attached hydrogens (tertiary/aromatic N) is 2. The second-order valence-electron chi connectivity index (χ2n) is 11.4. The molecular weight excluding hydrogens is 631 g/mol. The molecule has 0 saturated carbocycles. The van der Waals surface area contributed by atoms with E-state index in [1.165, 1.54) is 31.4 Å². The van der Waals surface area contributed by atoms with Crippen molar-refractivity contribution in [2.75, 3.05) is 20.2 Å². The molecule has 0 atom stereocenters. The van der Waals surface area contributed by atoms with Crippen LogP contribution in [0.4, 0.5) is 22.0 Å². The lowest BCUT2D eigenvalue weighted by Gasteiger charge is -2.18. The van der Waals surface area contributed by atoms with Crippen molar-refractivity contribution in [2.24, 2.45) is 0 Å². The molecule has 0 unspecified atom stereocenters. The Kier molecular flexibility index (Phi) is 7.86. The summed E-state index contributed by atoms with van der Waals surface area (Å²) in [4.78, 5) is 24.2. The predicted octanol–water partition coefficient (Wildman–Crippen LogP) is 7.20. The van der Waals surface area contributed by atoms with E-state index in [1.807, 2.05) is 0 Å². The second-order valence-corrected chi connectivity index (χ2v) is 11.4. The molecule has 0 bridgehead atoms. The van der Waals surface area contributed by atoms with E-state index in [0.717, 1.165) is 12.1 Å². The van der Waals surface area contributed by atoms with Crippen molar-refractivity contribution in [1.29, 1.82) is 0 Å². The summed E-state index contributed by atoms with van der Waals surface area (Å²) in [6, 6.07) is 17.3. The van der Waals surface area contributed by atoms with Gasteiger partial charge in [0, 0.05) is 48.1 Å². The highest BCUT2D eigenvalue weighted by Gasteiger charge is 2.26. The van der Waals surface area contributed by atoms with Gasteiger partial charge in [0.2, 0.25) is 0 Å². The lowest BCUT2D eigenvalue weighted by Crippen LogP contribution is -2.34. The van der Waals surface area contributed by atoms with Gasteiger partial charge in [0.1, 0.15) is 23.0 Å². The van der Waals surface area contributed by atoms with Crippen LogP contribution in [-0.2, 0) is 13.1 Å². The molecule has 2 N–H and O–H groups in total. The number of halogens is 5. The molecule has 2 amide bonds. The average Bonchev–Trinajstić information content (AvgIpc) is 3.57. The Morgan fingerprint density at radius 1 is 0.625 bits per heavy atom. The van der Waals surface area contributed by atoms with E-state index in [2.05, 4.69) is 10.6 Å². The predicted molar refractivity (Wildman–Crippen MR) is 170 cm³/mol. The van der Waals surface area contributed by atoms with E-state index in [9.17, 15) is 31.5 Å². The molecule has 2 aliphatic heterocycles. The summed E-state index contributed by atoms with van der Waals surface area (Å²) in [6.45, 7) is 2.00. The largest absolute Gasteiger partial charge is 0.497 e. The third-order valence-electron chi connectivity index (χ3n) is 8.59. The summed E-state index contributed by atoms with van der Waals surface area (Å²) >= 11 is 0.